The molecule has 7 heteroatoms. The molecule has 0 rings (SSSR count). The Balaban J connectivity index is 6.05. The van der Waals surface area contributed by atoms with Crippen LogP contribution in [0.25, 0.3) is 0 Å². The van der Waals surface area contributed by atoms with Gasteiger partial charge < -0.3 is 0 Å². The van der Waals surface area contributed by atoms with Gasteiger partial charge in [-0.2, -0.15) is 0 Å². The maximum atomic E-state index is 12.4. The first-order valence-corrected chi connectivity index (χ1v) is 24.7. The molecule has 0 saturated heterocycles. The molecule has 0 aliphatic carbocycles. The molecule has 0 fully saturated rings. The summed E-state index contributed by atoms with van der Waals surface area (Å²) in [7, 11) is 0. The van der Waals surface area contributed by atoms with Gasteiger partial charge in [-0.05, 0) is 0 Å². The number of hydrogen-bond acceptors (Lipinski definition) is 5. The summed E-state index contributed by atoms with van der Waals surface area (Å²) in [4.78, 5) is 24.8. The van der Waals surface area contributed by atoms with E-state index < -0.39 is 38.4 Å². The second kappa shape index (κ2) is 17.1. The van der Waals surface area contributed by atoms with E-state index in [1.54, 1.807) is 0 Å². The van der Waals surface area contributed by atoms with Crippen molar-refractivity contribution < 1.29 is 17.1 Å². The van der Waals surface area contributed by atoms with Gasteiger partial charge in [0.05, 0.1) is 0 Å². The Labute approximate surface area is 189 Å². The van der Waals surface area contributed by atoms with Crippen molar-refractivity contribution in [1.29, 1.82) is 0 Å². The molecule has 0 unspecified atom stereocenters. The SMILES string of the molecule is CCC[CH2][Sn]([CH2]CCC)([O]C(=O)CC)[O][Sn]([CH2]CCC)([CH2]CCC)[O]C(=O)CC. The van der Waals surface area contributed by atoms with Crippen molar-refractivity contribution in [3.8, 4) is 0 Å². The predicted molar refractivity (Wildman–Crippen MR) is 124 cm³/mol. The summed E-state index contributed by atoms with van der Waals surface area (Å²) in [6.45, 7) is 12.4. The van der Waals surface area contributed by atoms with Crippen molar-refractivity contribution in [2.75, 3.05) is 0 Å². The molecule has 0 radical (unpaired) electrons. The van der Waals surface area contributed by atoms with E-state index in [2.05, 4.69) is 27.7 Å². The van der Waals surface area contributed by atoms with Crippen LogP contribution in [0.4, 0.5) is 0 Å². The van der Waals surface area contributed by atoms with Crippen LogP contribution in [0.3, 0.4) is 0 Å². The van der Waals surface area contributed by atoms with Crippen molar-refractivity contribution in [2.45, 2.75) is 123 Å². The average Bonchev–Trinajstić information content (AvgIpc) is 2.73. The van der Waals surface area contributed by atoms with E-state index in [9.17, 15) is 9.59 Å². The monoisotopic (exact) mass is 630 g/mol. The topological polar surface area (TPSA) is 61.8 Å². The maximum absolute atomic E-state index is 12.4. The number of carbonyl (C=O) groups is 2. The molecule has 0 saturated carbocycles. The van der Waals surface area contributed by atoms with Gasteiger partial charge in [0.1, 0.15) is 0 Å². The summed E-state index contributed by atoms with van der Waals surface area (Å²) >= 11 is -7.41. The quantitative estimate of drug-likeness (QED) is 0.153. The Bertz CT molecular complexity index is 400. The molecule has 0 aromatic carbocycles. The van der Waals surface area contributed by atoms with Gasteiger partial charge in [0.25, 0.3) is 0 Å². The van der Waals surface area contributed by atoms with Gasteiger partial charge in [0.2, 0.25) is 0 Å². The molecule has 0 amide bonds. The number of carbonyl (C=O) groups excluding carboxylic acids is 2. The van der Waals surface area contributed by atoms with Crippen molar-refractivity contribution >= 4 is 50.3 Å². The fourth-order valence-electron chi connectivity index (χ4n) is 3.38. The van der Waals surface area contributed by atoms with Gasteiger partial charge in [-0.1, -0.05) is 0 Å². The third kappa shape index (κ3) is 12.2. The molecule has 0 atom stereocenters. The zero-order chi connectivity index (χ0) is 22.2. The molecule has 172 valence electrons. The molecule has 0 aromatic rings. The van der Waals surface area contributed by atoms with Gasteiger partial charge in [0, 0.05) is 0 Å². The Morgan fingerprint density at radius 2 is 0.828 bits per heavy atom. The second-order valence-corrected chi connectivity index (χ2v) is 29.8. The molecule has 5 nitrogen and oxygen atoms in total. The number of hydrogen-bond donors (Lipinski definition) is 0. The van der Waals surface area contributed by atoms with Gasteiger partial charge in [-0.15, -0.1) is 0 Å². The first-order valence-electron chi connectivity index (χ1n) is 12.0. The van der Waals surface area contributed by atoms with E-state index >= 15 is 0 Å². The fourth-order valence-corrected chi connectivity index (χ4v) is 45.1. The summed E-state index contributed by atoms with van der Waals surface area (Å²) in [6.07, 6.45) is 9.03. The zero-order valence-corrected chi connectivity index (χ0v) is 25.6. The second-order valence-electron chi connectivity index (χ2n) is 7.99. The molecule has 0 aliphatic rings. The van der Waals surface area contributed by atoms with E-state index in [-0.39, 0.29) is 11.9 Å². The standard InChI is InChI=1S/4C4H9.2C3H6O2.O.2Sn/c4*1-3-4-2;2*1-2-3(4)5;;;/h4*1,3-4H2,2H3;2*2H2,1H3,(H,4,5);;;/q;;;;;;;2*+1/p-2. The van der Waals surface area contributed by atoms with E-state index in [1.165, 1.54) is 0 Å². The van der Waals surface area contributed by atoms with Crippen LogP contribution in [0.5, 0.6) is 0 Å². The molecule has 0 aromatic heterocycles. The van der Waals surface area contributed by atoms with Crippen LogP contribution in [-0.4, -0.2) is 50.3 Å². The van der Waals surface area contributed by atoms with E-state index in [1.807, 2.05) is 13.8 Å². The van der Waals surface area contributed by atoms with Crippen LogP contribution in [-0.2, 0) is 17.1 Å². The fraction of sp³-hybridized carbons (Fsp3) is 0.909. The third-order valence-corrected chi connectivity index (χ3v) is 37.7. The van der Waals surface area contributed by atoms with Crippen LogP contribution in [0.1, 0.15) is 106 Å². The number of unbranched alkanes of at least 4 members (excludes halogenated alkanes) is 4. The van der Waals surface area contributed by atoms with Gasteiger partial charge in [0.15, 0.2) is 0 Å². The molecular weight excluding hydrogens is 582 g/mol. The van der Waals surface area contributed by atoms with Crippen molar-refractivity contribution in [2.24, 2.45) is 0 Å². The van der Waals surface area contributed by atoms with E-state index in [4.69, 9.17) is 7.56 Å². The van der Waals surface area contributed by atoms with E-state index in [0.29, 0.717) is 12.8 Å². The third-order valence-electron chi connectivity index (χ3n) is 5.19. The summed E-state index contributed by atoms with van der Waals surface area (Å²) < 4.78 is 23.1. The first kappa shape index (κ1) is 29.5. The molecule has 0 bridgehead atoms. The van der Waals surface area contributed by atoms with Gasteiger partial charge in [-0.3, -0.25) is 0 Å². The van der Waals surface area contributed by atoms with Gasteiger partial charge >= 0.3 is 191 Å². The average molecular weight is 628 g/mol. The van der Waals surface area contributed by atoms with Crippen molar-refractivity contribution in [1.82, 2.24) is 0 Å². The Morgan fingerprint density at radius 3 is 1.03 bits per heavy atom. The van der Waals surface area contributed by atoms with Gasteiger partial charge in [-0.25, -0.2) is 0 Å². The molecule has 0 aliphatic heterocycles. The first-order chi connectivity index (χ1) is 13.9. The molecule has 0 N–H and O–H groups in total. The number of rotatable bonds is 18. The van der Waals surface area contributed by atoms with Crippen molar-refractivity contribution in [3.63, 3.8) is 0 Å². The van der Waals surface area contributed by atoms with Crippen molar-refractivity contribution in [3.05, 3.63) is 0 Å². The van der Waals surface area contributed by atoms with Crippen LogP contribution >= 0.6 is 0 Å². The summed E-state index contributed by atoms with van der Waals surface area (Å²) in [5, 5.41) is 0. The Kier molecular flexibility index (Phi) is 17.4. The van der Waals surface area contributed by atoms with Crippen LogP contribution in [0.15, 0.2) is 0 Å². The summed E-state index contributed by atoms with van der Waals surface area (Å²) in [5.41, 5.74) is 0. The summed E-state index contributed by atoms with van der Waals surface area (Å²) in [6, 6.07) is 0. The van der Waals surface area contributed by atoms with Crippen LogP contribution in [0, 0.1) is 0 Å². The molecule has 0 heterocycles. The minimum atomic E-state index is -3.71. The summed E-state index contributed by atoms with van der Waals surface area (Å²) in [5.74, 6) is -0.276. The normalized spacial score (nSPS) is 12.1. The molecular formula is C22H46O5Sn2. The predicted octanol–water partition coefficient (Wildman–Crippen LogP) is 6.99. The Morgan fingerprint density at radius 1 is 0.552 bits per heavy atom. The molecule has 0 spiro atoms. The van der Waals surface area contributed by atoms with E-state index in [0.717, 1.165) is 69.1 Å². The Hall–Kier alpha value is 0.497. The van der Waals surface area contributed by atoms with Crippen LogP contribution in [0.2, 0.25) is 17.7 Å². The zero-order valence-electron chi connectivity index (χ0n) is 19.9. The van der Waals surface area contributed by atoms with Crippen LogP contribution < -0.4 is 0 Å². The minimum absolute atomic E-state index is 0.138. The molecule has 29 heavy (non-hydrogen) atoms.